The lowest BCUT2D eigenvalue weighted by atomic mass is 9.94. The average Bonchev–Trinajstić information content (AvgIpc) is 2.39. The van der Waals surface area contributed by atoms with Gasteiger partial charge in [-0.05, 0) is 12.0 Å². The van der Waals surface area contributed by atoms with Gasteiger partial charge in [0.1, 0.15) is 0 Å². The second-order valence-corrected chi connectivity index (χ2v) is 3.85. The third-order valence-corrected chi connectivity index (χ3v) is 2.46. The lowest BCUT2D eigenvalue weighted by Gasteiger charge is -2.21. The van der Waals surface area contributed by atoms with E-state index >= 15 is 0 Å². The molecule has 1 unspecified atom stereocenters. The van der Waals surface area contributed by atoms with Crippen LogP contribution in [0.1, 0.15) is 12.0 Å². The van der Waals surface area contributed by atoms with Gasteiger partial charge in [-0.1, -0.05) is 30.3 Å². The molecule has 4 nitrogen and oxygen atoms in total. The molecule has 0 aliphatic carbocycles. The van der Waals surface area contributed by atoms with Crippen LogP contribution in [0.25, 0.3) is 0 Å². The zero-order chi connectivity index (χ0) is 12.6. The Hall–Kier alpha value is -1.41. The Morgan fingerprint density at radius 1 is 1.29 bits per heavy atom. The lowest BCUT2D eigenvalue weighted by molar-refractivity contribution is 0.0807. The van der Waals surface area contributed by atoms with Gasteiger partial charge in [-0.2, -0.15) is 5.26 Å². The highest BCUT2D eigenvalue weighted by molar-refractivity contribution is 5.30. The molecule has 1 atom stereocenters. The Bertz CT molecular complexity index is 361. The molecule has 92 valence electrons. The van der Waals surface area contributed by atoms with Gasteiger partial charge in [-0.15, -0.1) is 0 Å². The monoisotopic (exact) mass is 234 g/mol. The zero-order valence-corrected chi connectivity index (χ0v) is 10.1. The van der Waals surface area contributed by atoms with Gasteiger partial charge in [0.15, 0.2) is 5.54 Å². The van der Waals surface area contributed by atoms with Gasteiger partial charge in [-0.3, -0.25) is 0 Å². The van der Waals surface area contributed by atoms with Crippen molar-refractivity contribution in [1.29, 1.82) is 5.26 Å². The molecule has 0 radical (unpaired) electrons. The quantitative estimate of drug-likeness (QED) is 0.724. The molecule has 0 aliphatic heterocycles. The lowest BCUT2D eigenvalue weighted by Crippen LogP contribution is -2.40. The van der Waals surface area contributed by atoms with E-state index in [1.807, 2.05) is 30.3 Å². The van der Waals surface area contributed by atoms with Gasteiger partial charge in [0, 0.05) is 20.3 Å². The Morgan fingerprint density at radius 3 is 2.59 bits per heavy atom. The summed E-state index contributed by atoms with van der Waals surface area (Å²) in [5.41, 5.74) is 5.71. The molecule has 1 aromatic rings. The van der Waals surface area contributed by atoms with E-state index in [-0.39, 0.29) is 6.61 Å². The van der Waals surface area contributed by atoms with Gasteiger partial charge in [0.25, 0.3) is 0 Å². The molecule has 0 amide bonds. The van der Waals surface area contributed by atoms with E-state index in [0.717, 1.165) is 12.0 Å². The number of nitrogens with zero attached hydrogens (tertiary/aromatic N) is 1. The highest BCUT2D eigenvalue weighted by atomic mass is 16.5. The van der Waals surface area contributed by atoms with E-state index < -0.39 is 5.54 Å². The summed E-state index contributed by atoms with van der Waals surface area (Å²) in [7, 11) is 1.65. The van der Waals surface area contributed by atoms with Crippen molar-refractivity contribution in [3.63, 3.8) is 0 Å². The standard InChI is InChI=1S/C13H18N2O2/c1-16-8-5-9-17-11-13(15,10-14)12-6-3-2-4-7-12/h2-4,6-7H,5,8-9,11,15H2,1H3. The number of nitrogens with two attached hydrogens (primary N) is 1. The molecular weight excluding hydrogens is 216 g/mol. The van der Waals surface area contributed by atoms with Crippen LogP contribution in [0.15, 0.2) is 30.3 Å². The molecule has 17 heavy (non-hydrogen) atoms. The van der Waals surface area contributed by atoms with Crippen LogP contribution in [0, 0.1) is 11.3 Å². The fraction of sp³-hybridized carbons (Fsp3) is 0.462. The van der Waals surface area contributed by atoms with Crippen molar-refractivity contribution in [3.05, 3.63) is 35.9 Å². The third-order valence-electron chi connectivity index (χ3n) is 2.46. The molecule has 2 N–H and O–H groups in total. The van der Waals surface area contributed by atoms with E-state index in [1.54, 1.807) is 7.11 Å². The van der Waals surface area contributed by atoms with E-state index in [2.05, 4.69) is 6.07 Å². The minimum Gasteiger partial charge on any atom is -0.385 e. The molecule has 4 heteroatoms. The number of benzene rings is 1. The summed E-state index contributed by atoms with van der Waals surface area (Å²) in [6.45, 7) is 1.38. The van der Waals surface area contributed by atoms with Crippen LogP contribution in [0.4, 0.5) is 0 Å². The molecule has 0 spiro atoms. The molecule has 1 rings (SSSR count). The topological polar surface area (TPSA) is 68.3 Å². The first kappa shape index (κ1) is 13.7. The van der Waals surface area contributed by atoms with E-state index in [4.69, 9.17) is 20.5 Å². The highest BCUT2D eigenvalue weighted by Crippen LogP contribution is 2.17. The van der Waals surface area contributed by atoms with Crippen LogP contribution >= 0.6 is 0 Å². The first-order valence-electron chi connectivity index (χ1n) is 5.55. The zero-order valence-electron chi connectivity index (χ0n) is 10.1. The molecule has 0 fully saturated rings. The molecule has 0 saturated heterocycles. The predicted molar refractivity (Wildman–Crippen MR) is 65.2 cm³/mol. The summed E-state index contributed by atoms with van der Waals surface area (Å²) in [6.07, 6.45) is 0.798. The summed E-state index contributed by atoms with van der Waals surface area (Å²) in [6, 6.07) is 11.4. The van der Waals surface area contributed by atoms with Crippen LogP contribution in [0.2, 0.25) is 0 Å². The number of hydrogen-bond donors (Lipinski definition) is 1. The van der Waals surface area contributed by atoms with Gasteiger partial charge >= 0.3 is 0 Å². The minimum atomic E-state index is -1.08. The van der Waals surface area contributed by atoms with Crippen LogP contribution in [-0.2, 0) is 15.0 Å². The Balaban J connectivity index is 2.50. The number of nitriles is 1. The first-order valence-corrected chi connectivity index (χ1v) is 5.55. The number of hydrogen-bond acceptors (Lipinski definition) is 4. The first-order chi connectivity index (χ1) is 8.23. The molecule has 0 saturated carbocycles. The van der Waals surface area contributed by atoms with Crippen molar-refractivity contribution < 1.29 is 9.47 Å². The van der Waals surface area contributed by atoms with Crippen molar-refractivity contribution in [2.24, 2.45) is 5.73 Å². The molecule has 1 aromatic carbocycles. The van der Waals surface area contributed by atoms with Crippen LogP contribution in [0.3, 0.4) is 0 Å². The molecule has 0 aliphatic rings. The molecular formula is C13H18N2O2. The Labute approximate surface area is 102 Å². The van der Waals surface area contributed by atoms with Crippen LogP contribution in [0.5, 0.6) is 0 Å². The summed E-state index contributed by atoms with van der Waals surface area (Å²) in [5, 5.41) is 9.16. The van der Waals surface area contributed by atoms with Gasteiger partial charge in [0.05, 0.1) is 12.7 Å². The van der Waals surface area contributed by atoms with Crippen LogP contribution < -0.4 is 5.73 Å². The van der Waals surface area contributed by atoms with Crippen molar-refractivity contribution in [2.75, 3.05) is 26.9 Å². The predicted octanol–water partition coefficient (Wildman–Crippen LogP) is 1.42. The molecule has 0 heterocycles. The van der Waals surface area contributed by atoms with Gasteiger partial charge in [0.2, 0.25) is 0 Å². The number of rotatable bonds is 7. The summed E-state index contributed by atoms with van der Waals surface area (Å²) >= 11 is 0. The Kier molecular flexibility index (Phi) is 5.64. The SMILES string of the molecule is COCCCOCC(N)(C#N)c1ccccc1. The largest absolute Gasteiger partial charge is 0.385 e. The second kappa shape index (κ2) is 7.02. The van der Waals surface area contributed by atoms with Gasteiger partial charge < -0.3 is 15.2 Å². The summed E-state index contributed by atoms with van der Waals surface area (Å²) < 4.78 is 10.3. The maximum absolute atomic E-state index is 9.16. The minimum absolute atomic E-state index is 0.192. The normalized spacial score (nSPS) is 13.9. The maximum Gasteiger partial charge on any atom is 0.153 e. The van der Waals surface area contributed by atoms with E-state index in [1.165, 1.54) is 0 Å². The van der Waals surface area contributed by atoms with Crippen molar-refractivity contribution in [3.8, 4) is 6.07 Å². The summed E-state index contributed by atoms with van der Waals surface area (Å²) in [4.78, 5) is 0. The van der Waals surface area contributed by atoms with Gasteiger partial charge in [-0.25, -0.2) is 0 Å². The second-order valence-electron chi connectivity index (χ2n) is 3.85. The van der Waals surface area contributed by atoms with Crippen molar-refractivity contribution >= 4 is 0 Å². The Morgan fingerprint density at radius 2 is 2.00 bits per heavy atom. The van der Waals surface area contributed by atoms with E-state index in [9.17, 15) is 0 Å². The van der Waals surface area contributed by atoms with E-state index in [0.29, 0.717) is 13.2 Å². The summed E-state index contributed by atoms with van der Waals surface area (Å²) in [5.74, 6) is 0. The number of ether oxygens (including phenoxy) is 2. The fourth-order valence-corrected chi connectivity index (χ4v) is 1.45. The smallest absolute Gasteiger partial charge is 0.153 e. The third kappa shape index (κ3) is 4.16. The van der Waals surface area contributed by atoms with Crippen molar-refractivity contribution in [2.45, 2.75) is 12.0 Å². The molecule has 0 aromatic heterocycles. The average molecular weight is 234 g/mol. The highest BCUT2D eigenvalue weighted by Gasteiger charge is 2.27. The maximum atomic E-state index is 9.16. The fourth-order valence-electron chi connectivity index (χ4n) is 1.45. The van der Waals surface area contributed by atoms with Crippen molar-refractivity contribution in [1.82, 2.24) is 0 Å². The van der Waals surface area contributed by atoms with Crippen LogP contribution in [-0.4, -0.2) is 26.9 Å². The molecule has 0 bridgehead atoms. The number of methoxy groups -OCH3 is 1.